The molecule has 0 spiro atoms. The third-order valence-corrected chi connectivity index (χ3v) is 13.0. The van der Waals surface area contributed by atoms with Crippen LogP contribution in [0.15, 0.2) is 11.9 Å². The normalized spacial score (nSPS) is 29.4. The second kappa shape index (κ2) is 27.1. The minimum absolute atomic E-state index is 0.237. The maximum atomic E-state index is 15.3. The molecule has 0 amide bonds. The van der Waals surface area contributed by atoms with Crippen LogP contribution in [0.5, 0.6) is 0 Å². The van der Waals surface area contributed by atoms with Crippen molar-refractivity contribution in [2.45, 2.75) is 236 Å². The van der Waals surface area contributed by atoms with Crippen LogP contribution in [-0.2, 0) is 9.47 Å². The fourth-order valence-corrected chi connectivity index (χ4v) is 9.19. The van der Waals surface area contributed by atoms with Crippen molar-refractivity contribution >= 4 is 0 Å². The lowest BCUT2D eigenvalue weighted by atomic mass is 9.59. The fourth-order valence-electron chi connectivity index (χ4n) is 9.19. The first-order chi connectivity index (χ1) is 25.7. The van der Waals surface area contributed by atoms with E-state index in [-0.39, 0.29) is 18.9 Å². The average molecular weight is 757 g/mol. The minimum atomic E-state index is -1.60. The number of hydrogen-bond donors (Lipinski definition) is 6. The minimum Gasteiger partial charge on any atom is -0.394 e. The third-order valence-electron chi connectivity index (χ3n) is 13.0. The molecule has 0 aromatic carbocycles. The van der Waals surface area contributed by atoms with Crippen molar-refractivity contribution in [2.24, 2.45) is 17.3 Å². The van der Waals surface area contributed by atoms with Crippen molar-refractivity contribution in [2.75, 3.05) is 13.2 Å². The van der Waals surface area contributed by atoms with Crippen LogP contribution >= 0.6 is 0 Å². The second-order valence-electron chi connectivity index (χ2n) is 17.4. The van der Waals surface area contributed by atoms with Crippen LogP contribution in [0, 0.1) is 17.3 Å². The third kappa shape index (κ3) is 17.6. The number of halogens is 1. The molecule has 0 aromatic rings. The van der Waals surface area contributed by atoms with Gasteiger partial charge in [-0.1, -0.05) is 129 Å². The Labute approximate surface area is 322 Å². The number of hydrogen-bond acceptors (Lipinski definition) is 8. The van der Waals surface area contributed by atoms with Gasteiger partial charge in [-0.25, -0.2) is 4.39 Å². The van der Waals surface area contributed by atoms with Crippen LogP contribution in [0.2, 0.25) is 0 Å². The van der Waals surface area contributed by atoms with Crippen molar-refractivity contribution in [3.05, 3.63) is 11.9 Å². The number of allylic oxidation sites excluding steroid dienone is 1. The summed E-state index contributed by atoms with van der Waals surface area (Å²) in [6.45, 7) is 1.36. The molecule has 1 heterocycles. The predicted octanol–water partition coefficient (Wildman–Crippen LogP) is 8.96. The Morgan fingerprint density at radius 1 is 0.717 bits per heavy atom. The number of unbranched alkanes of at least 4 members (excludes halogenated alkanes) is 18. The first-order valence-electron chi connectivity index (χ1n) is 22.3. The molecule has 1 aliphatic heterocycles. The number of aliphatic hydroxyl groups is 6. The molecule has 8 atom stereocenters. The van der Waals surface area contributed by atoms with Gasteiger partial charge in [-0.15, -0.1) is 0 Å². The van der Waals surface area contributed by atoms with E-state index in [1.807, 2.05) is 0 Å². The summed E-state index contributed by atoms with van der Waals surface area (Å²) in [5, 5.41) is 62.3. The van der Waals surface area contributed by atoms with Crippen molar-refractivity contribution in [3.8, 4) is 0 Å². The van der Waals surface area contributed by atoms with Gasteiger partial charge in [0.1, 0.15) is 24.4 Å². The highest BCUT2D eigenvalue weighted by Crippen LogP contribution is 2.52. The summed E-state index contributed by atoms with van der Waals surface area (Å²) in [6, 6.07) is 0. The van der Waals surface area contributed by atoms with Crippen molar-refractivity contribution in [3.63, 3.8) is 0 Å². The topological polar surface area (TPSA) is 140 Å². The summed E-state index contributed by atoms with van der Waals surface area (Å²) in [5.41, 5.74) is 0.678. The summed E-state index contributed by atoms with van der Waals surface area (Å²) in [5.74, 6) is -0.266. The van der Waals surface area contributed by atoms with Gasteiger partial charge in [0.15, 0.2) is 6.29 Å². The maximum Gasteiger partial charge on any atom is 0.186 e. The van der Waals surface area contributed by atoms with E-state index >= 15 is 4.39 Å². The molecule has 4 aliphatic rings. The van der Waals surface area contributed by atoms with Gasteiger partial charge >= 0.3 is 0 Å². The first-order valence-corrected chi connectivity index (χ1v) is 22.3. The molecule has 0 aromatic heterocycles. The van der Waals surface area contributed by atoms with E-state index in [2.05, 4.69) is 6.92 Å². The van der Waals surface area contributed by atoms with E-state index in [1.54, 1.807) is 0 Å². The number of ether oxygens (including phenoxy) is 2. The smallest absolute Gasteiger partial charge is 0.186 e. The quantitative estimate of drug-likeness (QED) is 0.0386. The number of rotatable bonds is 31. The summed E-state index contributed by atoms with van der Waals surface area (Å²) in [7, 11) is 0. The Morgan fingerprint density at radius 2 is 1.23 bits per heavy atom. The van der Waals surface area contributed by atoms with Crippen molar-refractivity contribution in [1.29, 1.82) is 0 Å². The molecule has 312 valence electrons. The van der Waals surface area contributed by atoms with Gasteiger partial charge in [-0.05, 0) is 81.6 Å². The monoisotopic (exact) mass is 757 g/mol. The van der Waals surface area contributed by atoms with Crippen molar-refractivity contribution in [1.82, 2.24) is 0 Å². The van der Waals surface area contributed by atoms with E-state index in [4.69, 9.17) is 9.47 Å². The zero-order chi connectivity index (χ0) is 38.3. The molecule has 2 bridgehead atoms. The number of fused-ring (bicyclic) bond motifs is 3. The highest BCUT2D eigenvalue weighted by atomic mass is 19.1. The summed E-state index contributed by atoms with van der Waals surface area (Å²) in [6.07, 6.45) is 25.9. The van der Waals surface area contributed by atoms with Gasteiger partial charge in [-0.2, -0.15) is 0 Å². The maximum absolute atomic E-state index is 15.3. The van der Waals surface area contributed by atoms with Crippen LogP contribution in [0.4, 0.5) is 4.39 Å². The molecule has 9 heteroatoms. The summed E-state index contributed by atoms with van der Waals surface area (Å²) >= 11 is 0. The average Bonchev–Trinajstić information content (AvgIpc) is 3.17. The Kier molecular flexibility index (Phi) is 23.9. The lowest BCUT2D eigenvalue weighted by molar-refractivity contribution is -0.303. The lowest BCUT2D eigenvalue weighted by Gasteiger charge is -2.47. The Bertz CT molecular complexity index is 927. The van der Waals surface area contributed by atoms with Gasteiger partial charge in [0.05, 0.1) is 31.2 Å². The largest absolute Gasteiger partial charge is 0.394 e. The molecule has 3 aliphatic carbocycles. The summed E-state index contributed by atoms with van der Waals surface area (Å²) in [4.78, 5) is 0. The fraction of sp³-hybridized carbons (Fsp3) is 0.955. The molecule has 5 unspecified atom stereocenters. The second-order valence-corrected chi connectivity index (χ2v) is 17.4. The molecule has 4 fully saturated rings. The molecule has 6 N–H and O–H groups in total. The van der Waals surface area contributed by atoms with Crippen LogP contribution < -0.4 is 0 Å². The molecular formula is C44H81FO8. The highest BCUT2D eigenvalue weighted by Gasteiger charge is 2.44. The Hall–Kier alpha value is -0.650. The molecule has 4 rings (SSSR count). The lowest BCUT2D eigenvalue weighted by Crippen LogP contribution is -2.59. The SMILES string of the molecule is CCCCCCCCCCCCCC[C@@H](O)[C@@H](O)[C@@H](/C=C(/F)CCCCCCCCCCC12CCC(CC1)CC2)COC1OC(CO)C(O)C(O)C1O. The molecule has 1 saturated heterocycles. The molecule has 8 nitrogen and oxygen atoms in total. The Morgan fingerprint density at radius 3 is 1.77 bits per heavy atom. The zero-order valence-corrected chi connectivity index (χ0v) is 33.6. The van der Waals surface area contributed by atoms with Crippen LogP contribution in [0.1, 0.15) is 193 Å². The van der Waals surface area contributed by atoms with Gasteiger partial charge in [-0.3, -0.25) is 0 Å². The van der Waals surface area contributed by atoms with Gasteiger partial charge in [0.25, 0.3) is 0 Å². The van der Waals surface area contributed by atoms with E-state index in [9.17, 15) is 30.6 Å². The molecule has 0 radical (unpaired) electrons. The zero-order valence-electron chi connectivity index (χ0n) is 33.6. The standard InChI is InChI=1S/C44H81FO8/c1-2-3-4-5-6-7-8-9-10-14-17-20-23-37(47)39(48)35(33-52-43-42(51)41(50)40(49)38(32-46)53-43)31-36(45)22-19-16-13-11-12-15-18-21-27-44-28-24-34(25-29-44)26-30-44/h31,34-35,37-43,46-51H,2-30,32-33H2,1H3/b36-31+/t34?,35-,37+,38?,39-,40?,41?,42?,43?,44?/m0/s1. The van der Waals surface area contributed by atoms with Crippen molar-refractivity contribution < 1.29 is 44.5 Å². The molecule has 53 heavy (non-hydrogen) atoms. The van der Waals surface area contributed by atoms with Crippen LogP contribution in [0.3, 0.4) is 0 Å². The van der Waals surface area contributed by atoms with E-state index in [1.165, 1.54) is 128 Å². The van der Waals surface area contributed by atoms with E-state index in [0.717, 1.165) is 50.9 Å². The van der Waals surface area contributed by atoms with Gasteiger partial charge in [0.2, 0.25) is 0 Å². The molecule has 3 saturated carbocycles. The van der Waals surface area contributed by atoms with E-state index in [0.29, 0.717) is 18.3 Å². The Balaban J connectivity index is 1.36. The highest BCUT2D eigenvalue weighted by molar-refractivity contribution is 5.00. The van der Waals surface area contributed by atoms with Crippen LogP contribution in [-0.4, -0.2) is 86.8 Å². The first kappa shape index (κ1) is 46.7. The predicted molar refractivity (Wildman–Crippen MR) is 210 cm³/mol. The summed E-state index contributed by atoms with van der Waals surface area (Å²) < 4.78 is 26.4. The molecular weight excluding hydrogens is 675 g/mol. The van der Waals surface area contributed by atoms with Gasteiger partial charge in [0, 0.05) is 5.92 Å². The number of aliphatic hydroxyl groups excluding tert-OH is 6. The van der Waals surface area contributed by atoms with Gasteiger partial charge < -0.3 is 40.1 Å². The van der Waals surface area contributed by atoms with Crippen LogP contribution in [0.25, 0.3) is 0 Å². The van der Waals surface area contributed by atoms with E-state index < -0.39 is 55.4 Å².